The molecule has 1 aromatic heterocycles. The van der Waals surface area contributed by atoms with E-state index < -0.39 is 35.8 Å². The Labute approximate surface area is 149 Å². The number of carboxylic acids is 1. The first-order chi connectivity index (χ1) is 12.3. The van der Waals surface area contributed by atoms with Crippen molar-refractivity contribution in [1.29, 1.82) is 0 Å². The van der Waals surface area contributed by atoms with Gasteiger partial charge in [-0.15, -0.1) is 0 Å². The van der Waals surface area contributed by atoms with E-state index in [1.54, 1.807) is 31.2 Å². The Balaban J connectivity index is 2.04. The van der Waals surface area contributed by atoms with Gasteiger partial charge in [0.25, 0.3) is 5.91 Å². The number of H-pyrrole nitrogens is 1. The lowest BCUT2D eigenvalue weighted by atomic mass is 9.99. The average Bonchev–Trinajstić information content (AvgIpc) is 2.63. The van der Waals surface area contributed by atoms with Crippen LogP contribution in [0.1, 0.15) is 30.6 Å². The molecule has 1 heterocycles. The number of carbonyl (C=O) groups is 3. The van der Waals surface area contributed by atoms with Gasteiger partial charge in [0, 0.05) is 17.1 Å². The normalized spacial score (nSPS) is 13.0. The number of aromatic nitrogens is 1. The third-order valence-corrected chi connectivity index (χ3v) is 4.24. The van der Waals surface area contributed by atoms with Gasteiger partial charge in [-0.3, -0.25) is 14.4 Å². The van der Waals surface area contributed by atoms with Crippen LogP contribution in [0.5, 0.6) is 0 Å². The highest BCUT2D eigenvalue weighted by molar-refractivity contribution is 5.99. The molecule has 0 aliphatic carbocycles. The minimum absolute atomic E-state index is 0.117. The Hall–Kier alpha value is -3.16. The fourth-order valence-corrected chi connectivity index (χ4v) is 2.50. The number of nitrogens with one attached hydrogen (secondary N) is 3. The van der Waals surface area contributed by atoms with Gasteiger partial charge in [-0.1, -0.05) is 32.4 Å². The van der Waals surface area contributed by atoms with Crippen molar-refractivity contribution in [2.24, 2.45) is 5.92 Å². The number of aliphatic carboxylic acids is 1. The number of rotatable bonds is 7. The fraction of sp³-hybridized carbons (Fsp3) is 0.333. The van der Waals surface area contributed by atoms with E-state index in [1.165, 1.54) is 6.20 Å². The van der Waals surface area contributed by atoms with Gasteiger partial charge in [-0.2, -0.15) is 0 Å². The number of carbonyl (C=O) groups excluding carboxylic acids is 2. The molecule has 2 atom stereocenters. The predicted octanol–water partition coefficient (Wildman–Crippen LogP) is 0.873. The first-order valence-electron chi connectivity index (χ1n) is 8.26. The number of hydrogen-bond donors (Lipinski definition) is 4. The zero-order valence-electron chi connectivity index (χ0n) is 14.5. The van der Waals surface area contributed by atoms with Crippen LogP contribution >= 0.6 is 0 Å². The molecule has 0 unspecified atom stereocenters. The standard InChI is InChI=1S/C18H21N3O5/c1-3-10(2)15(18(25)26)21-14(22)9-20-17(24)12-8-19-13-7-5-4-6-11(13)16(12)23/h4-8,10,15H,3,9H2,1-2H3,(H,19,23)(H,20,24)(H,21,22)(H,25,26)/t10-,15-/m0/s1. The molecule has 0 fully saturated rings. The minimum Gasteiger partial charge on any atom is -0.480 e. The molecule has 26 heavy (non-hydrogen) atoms. The van der Waals surface area contributed by atoms with E-state index in [-0.39, 0.29) is 11.5 Å². The molecule has 0 aliphatic heterocycles. The molecular formula is C18H21N3O5. The summed E-state index contributed by atoms with van der Waals surface area (Å²) in [5.41, 5.74) is 0.0399. The number of hydrogen-bond acceptors (Lipinski definition) is 4. The Morgan fingerprint density at radius 1 is 1.23 bits per heavy atom. The predicted molar refractivity (Wildman–Crippen MR) is 95.9 cm³/mol. The molecular weight excluding hydrogens is 338 g/mol. The maximum absolute atomic E-state index is 12.4. The van der Waals surface area contributed by atoms with Crippen molar-refractivity contribution in [2.75, 3.05) is 6.54 Å². The van der Waals surface area contributed by atoms with Gasteiger partial charge in [-0.05, 0) is 18.1 Å². The topological polar surface area (TPSA) is 128 Å². The van der Waals surface area contributed by atoms with E-state index in [9.17, 15) is 19.2 Å². The van der Waals surface area contributed by atoms with Crippen molar-refractivity contribution in [2.45, 2.75) is 26.3 Å². The van der Waals surface area contributed by atoms with E-state index in [2.05, 4.69) is 15.6 Å². The van der Waals surface area contributed by atoms with Crippen molar-refractivity contribution in [3.63, 3.8) is 0 Å². The quantitative estimate of drug-likeness (QED) is 0.583. The molecule has 0 aliphatic rings. The zero-order valence-corrected chi connectivity index (χ0v) is 14.5. The molecule has 0 radical (unpaired) electrons. The Morgan fingerprint density at radius 2 is 1.92 bits per heavy atom. The second-order valence-electron chi connectivity index (χ2n) is 6.03. The van der Waals surface area contributed by atoms with Crippen LogP contribution in [0.3, 0.4) is 0 Å². The van der Waals surface area contributed by atoms with E-state index in [4.69, 9.17) is 5.11 Å². The maximum atomic E-state index is 12.4. The van der Waals surface area contributed by atoms with E-state index >= 15 is 0 Å². The number of carboxylic acid groups (broad SMARTS) is 1. The van der Waals surface area contributed by atoms with Gasteiger partial charge in [-0.25, -0.2) is 4.79 Å². The fourth-order valence-electron chi connectivity index (χ4n) is 2.50. The van der Waals surface area contributed by atoms with Crippen LogP contribution in [0.4, 0.5) is 0 Å². The van der Waals surface area contributed by atoms with Crippen LogP contribution < -0.4 is 16.1 Å². The van der Waals surface area contributed by atoms with Crippen molar-refractivity contribution in [3.05, 3.63) is 46.2 Å². The Kier molecular flexibility index (Phi) is 6.11. The number of amides is 2. The smallest absolute Gasteiger partial charge is 0.326 e. The highest BCUT2D eigenvalue weighted by Crippen LogP contribution is 2.08. The molecule has 0 spiro atoms. The van der Waals surface area contributed by atoms with Crippen molar-refractivity contribution >= 4 is 28.7 Å². The summed E-state index contributed by atoms with van der Waals surface area (Å²) in [7, 11) is 0. The first-order valence-corrected chi connectivity index (χ1v) is 8.26. The number of pyridine rings is 1. The molecule has 2 amide bonds. The lowest BCUT2D eigenvalue weighted by Crippen LogP contribution is -2.48. The Bertz CT molecular complexity index is 890. The highest BCUT2D eigenvalue weighted by atomic mass is 16.4. The average molecular weight is 359 g/mol. The summed E-state index contributed by atoms with van der Waals surface area (Å²) < 4.78 is 0. The SMILES string of the molecule is CC[C@H](C)[C@H](NC(=O)CNC(=O)c1c[nH]c2ccccc2c1=O)C(=O)O. The van der Waals surface area contributed by atoms with Gasteiger partial charge in [0.05, 0.1) is 6.54 Å². The van der Waals surface area contributed by atoms with Gasteiger partial charge in [0.15, 0.2) is 0 Å². The minimum atomic E-state index is -1.13. The lowest BCUT2D eigenvalue weighted by Gasteiger charge is -2.20. The summed E-state index contributed by atoms with van der Waals surface area (Å²) in [6.45, 7) is 3.11. The van der Waals surface area contributed by atoms with Crippen molar-refractivity contribution in [1.82, 2.24) is 15.6 Å². The third kappa shape index (κ3) is 4.27. The summed E-state index contributed by atoms with van der Waals surface area (Å²) in [6.07, 6.45) is 1.87. The number of fused-ring (bicyclic) bond motifs is 1. The van der Waals surface area contributed by atoms with Crippen LogP contribution in [0, 0.1) is 5.92 Å². The summed E-state index contributed by atoms with van der Waals surface area (Å²) in [4.78, 5) is 50.6. The molecule has 4 N–H and O–H groups in total. The zero-order chi connectivity index (χ0) is 19.3. The Morgan fingerprint density at radius 3 is 2.58 bits per heavy atom. The number of aromatic amines is 1. The first kappa shape index (κ1) is 19.2. The largest absolute Gasteiger partial charge is 0.480 e. The molecule has 2 aromatic rings. The van der Waals surface area contributed by atoms with Crippen LogP contribution in [0.15, 0.2) is 35.3 Å². The lowest BCUT2D eigenvalue weighted by molar-refractivity contribution is -0.143. The third-order valence-electron chi connectivity index (χ3n) is 4.24. The molecule has 0 bridgehead atoms. The number of benzene rings is 1. The van der Waals surface area contributed by atoms with Crippen LogP contribution in [0.2, 0.25) is 0 Å². The summed E-state index contributed by atoms with van der Waals surface area (Å²) >= 11 is 0. The monoisotopic (exact) mass is 359 g/mol. The molecule has 8 heteroatoms. The van der Waals surface area contributed by atoms with E-state index in [1.807, 2.05) is 6.92 Å². The number of para-hydroxylation sites is 1. The van der Waals surface area contributed by atoms with E-state index in [0.29, 0.717) is 17.3 Å². The van der Waals surface area contributed by atoms with Crippen LogP contribution in [0.25, 0.3) is 10.9 Å². The van der Waals surface area contributed by atoms with E-state index in [0.717, 1.165) is 0 Å². The molecule has 8 nitrogen and oxygen atoms in total. The summed E-state index contributed by atoms with van der Waals surface area (Å²) in [5.74, 6) is -2.73. The van der Waals surface area contributed by atoms with Gasteiger partial charge >= 0.3 is 5.97 Å². The maximum Gasteiger partial charge on any atom is 0.326 e. The summed E-state index contributed by atoms with van der Waals surface area (Å²) in [5, 5.41) is 14.3. The van der Waals surface area contributed by atoms with Gasteiger partial charge < -0.3 is 20.7 Å². The molecule has 1 aromatic carbocycles. The molecule has 0 saturated carbocycles. The second kappa shape index (κ2) is 8.28. The summed E-state index contributed by atoms with van der Waals surface area (Å²) in [6, 6.07) is 5.73. The van der Waals surface area contributed by atoms with Crippen LogP contribution in [-0.2, 0) is 9.59 Å². The van der Waals surface area contributed by atoms with Crippen molar-refractivity contribution < 1.29 is 19.5 Å². The molecule has 138 valence electrons. The molecule has 2 rings (SSSR count). The second-order valence-corrected chi connectivity index (χ2v) is 6.03. The van der Waals surface area contributed by atoms with Gasteiger partial charge in [0.1, 0.15) is 11.6 Å². The van der Waals surface area contributed by atoms with Crippen molar-refractivity contribution in [3.8, 4) is 0 Å². The molecule has 0 saturated heterocycles. The highest BCUT2D eigenvalue weighted by Gasteiger charge is 2.25. The van der Waals surface area contributed by atoms with Crippen LogP contribution in [-0.4, -0.2) is 40.5 Å². The van der Waals surface area contributed by atoms with Gasteiger partial charge in [0.2, 0.25) is 11.3 Å².